The number of carbonyl (C=O) groups excluding carboxylic acids is 1. The molecule has 1 fully saturated rings. The average molecular weight is 308 g/mol. The summed E-state index contributed by atoms with van der Waals surface area (Å²) >= 11 is 5.45. The molecule has 0 heterocycles. The van der Waals surface area contributed by atoms with Crippen molar-refractivity contribution in [1.82, 2.24) is 0 Å². The van der Waals surface area contributed by atoms with Gasteiger partial charge in [0.05, 0.1) is 22.4 Å². The Bertz CT molecular complexity index is 574. The maximum absolute atomic E-state index is 12.6. The van der Waals surface area contributed by atoms with Crippen LogP contribution < -0.4 is 5.32 Å². The molecule has 0 bridgehead atoms. The van der Waals surface area contributed by atoms with Crippen LogP contribution in [0.25, 0.3) is 0 Å². The summed E-state index contributed by atoms with van der Waals surface area (Å²) in [5.41, 5.74) is -1.12. The van der Waals surface area contributed by atoms with Gasteiger partial charge in [-0.3, -0.25) is 9.59 Å². The van der Waals surface area contributed by atoms with Gasteiger partial charge in [0.2, 0.25) is 5.91 Å². The minimum absolute atomic E-state index is 0.0669. The molecule has 0 spiro atoms. The first-order valence-electron chi connectivity index (χ1n) is 5.60. The number of carboxylic acids is 1. The molecule has 2 rings (SSSR count). The van der Waals surface area contributed by atoms with Crippen LogP contribution in [0.5, 0.6) is 0 Å². The number of amides is 1. The number of benzene rings is 1. The molecule has 1 saturated carbocycles. The van der Waals surface area contributed by atoms with Gasteiger partial charge in [0.1, 0.15) is 0 Å². The van der Waals surface area contributed by atoms with E-state index in [-0.39, 0.29) is 12.1 Å². The monoisotopic (exact) mass is 307 g/mol. The highest BCUT2D eigenvalue weighted by Crippen LogP contribution is 2.40. The predicted molar refractivity (Wildman–Crippen MR) is 64.3 cm³/mol. The average Bonchev–Trinajstić information content (AvgIpc) is 3.10. The zero-order valence-electron chi connectivity index (χ0n) is 9.87. The fourth-order valence-corrected chi connectivity index (χ4v) is 2.04. The van der Waals surface area contributed by atoms with Crippen LogP contribution in [0, 0.1) is 11.8 Å². The third-order valence-electron chi connectivity index (χ3n) is 2.98. The summed E-state index contributed by atoms with van der Waals surface area (Å²) in [6.07, 6.45) is -4.43. The molecule has 1 aliphatic rings. The van der Waals surface area contributed by atoms with Gasteiger partial charge in [-0.2, -0.15) is 13.2 Å². The number of halogens is 4. The Morgan fingerprint density at radius 2 is 1.95 bits per heavy atom. The highest BCUT2D eigenvalue weighted by atomic mass is 35.5. The van der Waals surface area contributed by atoms with Crippen LogP contribution in [0.2, 0.25) is 5.02 Å². The van der Waals surface area contributed by atoms with E-state index in [0.29, 0.717) is 0 Å². The van der Waals surface area contributed by atoms with Crippen LogP contribution in [-0.2, 0) is 15.8 Å². The molecule has 1 aromatic carbocycles. The molecule has 2 N–H and O–H groups in total. The van der Waals surface area contributed by atoms with Gasteiger partial charge < -0.3 is 10.4 Å². The second-order valence-corrected chi connectivity index (χ2v) is 4.88. The van der Waals surface area contributed by atoms with E-state index in [4.69, 9.17) is 16.7 Å². The van der Waals surface area contributed by atoms with Gasteiger partial charge in [0.25, 0.3) is 0 Å². The summed E-state index contributed by atoms with van der Waals surface area (Å²) in [5, 5.41) is 10.5. The van der Waals surface area contributed by atoms with Crippen LogP contribution in [0.15, 0.2) is 18.2 Å². The first kappa shape index (κ1) is 14.6. The van der Waals surface area contributed by atoms with E-state index in [1.54, 1.807) is 0 Å². The number of carbonyl (C=O) groups is 2. The molecule has 0 unspecified atom stereocenters. The molecular formula is C12H9ClF3NO3. The summed E-state index contributed by atoms with van der Waals surface area (Å²) in [6.45, 7) is 0. The largest absolute Gasteiger partial charge is 0.481 e. The van der Waals surface area contributed by atoms with Gasteiger partial charge in [0, 0.05) is 5.69 Å². The Balaban J connectivity index is 2.11. The van der Waals surface area contributed by atoms with E-state index in [2.05, 4.69) is 5.32 Å². The van der Waals surface area contributed by atoms with Gasteiger partial charge in [-0.25, -0.2) is 0 Å². The topological polar surface area (TPSA) is 66.4 Å². The molecule has 8 heteroatoms. The van der Waals surface area contributed by atoms with Crippen LogP contribution in [0.4, 0.5) is 18.9 Å². The van der Waals surface area contributed by atoms with Crippen molar-refractivity contribution in [2.24, 2.45) is 11.8 Å². The highest BCUT2D eigenvalue weighted by Gasteiger charge is 2.48. The van der Waals surface area contributed by atoms with Gasteiger partial charge in [0.15, 0.2) is 0 Å². The lowest BCUT2D eigenvalue weighted by Gasteiger charge is -2.11. The number of aliphatic carboxylic acids is 1. The van der Waals surface area contributed by atoms with E-state index < -0.39 is 40.5 Å². The van der Waals surface area contributed by atoms with Crippen molar-refractivity contribution in [2.75, 3.05) is 5.32 Å². The second-order valence-electron chi connectivity index (χ2n) is 4.47. The minimum Gasteiger partial charge on any atom is -0.481 e. The summed E-state index contributed by atoms with van der Waals surface area (Å²) in [5.74, 6) is -3.15. The number of rotatable bonds is 3. The highest BCUT2D eigenvalue weighted by molar-refractivity contribution is 6.31. The van der Waals surface area contributed by atoms with Crippen molar-refractivity contribution < 1.29 is 27.9 Å². The number of anilines is 1. The van der Waals surface area contributed by atoms with Crippen molar-refractivity contribution in [3.05, 3.63) is 28.8 Å². The van der Waals surface area contributed by atoms with Crippen molar-refractivity contribution >= 4 is 29.2 Å². The van der Waals surface area contributed by atoms with Crippen molar-refractivity contribution in [1.29, 1.82) is 0 Å². The van der Waals surface area contributed by atoms with Crippen molar-refractivity contribution in [3.63, 3.8) is 0 Å². The van der Waals surface area contributed by atoms with Crippen molar-refractivity contribution in [2.45, 2.75) is 12.6 Å². The normalized spacial score (nSPS) is 21.4. The molecule has 1 amide bonds. The van der Waals surface area contributed by atoms with Gasteiger partial charge in [-0.05, 0) is 24.6 Å². The van der Waals surface area contributed by atoms with E-state index in [0.717, 1.165) is 12.1 Å². The van der Waals surface area contributed by atoms with Crippen LogP contribution in [0.1, 0.15) is 12.0 Å². The van der Waals surface area contributed by atoms with Crippen molar-refractivity contribution in [3.8, 4) is 0 Å². The van der Waals surface area contributed by atoms with Gasteiger partial charge in [-0.15, -0.1) is 0 Å². The number of hydrogen-bond donors (Lipinski definition) is 2. The molecule has 0 aromatic heterocycles. The smallest absolute Gasteiger partial charge is 0.417 e. The predicted octanol–water partition coefficient (Wildman–Crippen LogP) is 3.02. The Kier molecular flexibility index (Phi) is 3.64. The number of nitrogens with one attached hydrogen (secondary N) is 1. The SMILES string of the molecule is O=C(O)[C@H]1C[C@H]1C(=O)Nc1ccc(Cl)c(C(F)(F)F)c1. The molecule has 0 radical (unpaired) electrons. The number of hydrogen-bond acceptors (Lipinski definition) is 2. The van der Waals surface area contributed by atoms with E-state index >= 15 is 0 Å². The summed E-state index contributed by atoms with van der Waals surface area (Å²) < 4.78 is 37.9. The molecule has 1 aromatic rings. The van der Waals surface area contributed by atoms with Crippen LogP contribution >= 0.6 is 11.6 Å². The molecule has 0 aliphatic heterocycles. The molecule has 0 saturated heterocycles. The van der Waals surface area contributed by atoms with Crippen LogP contribution in [-0.4, -0.2) is 17.0 Å². The first-order valence-corrected chi connectivity index (χ1v) is 5.98. The lowest BCUT2D eigenvalue weighted by atomic mass is 10.2. The second kappa shape index (κ2) is 4.97. The molecule has 108 valence electrons. The van der Waals surface area contributed by atoms with E-state index in [9.17, 15) is 22.8 Å². The van der Waals surface area contributed by atoms with E-state index in [1.807, 2.05) is 0 Å². The number of carboxylic acid groups (broad SMARTS) is 1. The lowest BCUT2D eigenvalue weighted by Crippen LogP contribution is -2.17. The standard InChI is InChI=1S/C12H9ClF3NO3/c13-9-2-1-5(3-8(9)12(14,15)16)17-10(18)6-4-7(6)11(19)20/h1-3,6-7H,4H2,(H,17,18)(H,19,20)/t6-,7+/m1/s1. The molecule has 4 nitrogen and oxygen atoms in total. The molecule has 2 atom stereocenters. The quantitative estimate of drug-likeness (QED) is 0.902. The third kappa shape index (κ3) is 3.04. The lowest BCUT2D eigenvalue weighted by molar-refractivity contribution is -0.139. The Hall–Kier alpha value is -1.76. The van der Waals surface area contributed by atoms with Gasteiger partial charge in [-0.1, -0.05) is 11.6 Å². The summed E-state index contributed by atoms with van der Waals surface area (Å²) in [7, 11) is 0. The first-order chi connectivity index (χ1) is 9.20. The third-order valence-corrected chi connectivity index (χ3v) is 3.31. The number of alkyl halides is 3. The fourth-order valence-electron chi connectivity index (χ4n) is 1.81. The maximum atomic E-state index is 12.6. The fraction of sp³-hybridized carbons (Fsp3) is 0.333. The van der Waals surface area contributed by atoms with Crippen LogP contribution in [0.3, 0.4) is 0 Å². The van der Waals surface area contributed by atoms with E-state index in [1.165, 1.54) is 6.07 Å². The zero-order chi connectivity index (χ0) is 15.1. The Morgan fingerprint density at radius 3 is 2.45 bits per heavy atom. The molecule has 1 aliphatic carbocycles. The van der Waals surface area contributed by atoms with Gasteiger partial charge >= 0.3 is 12.1 Å². The summed E-state index contributed by atoms with van der Waals surface area (Å²) in [4.78, 5) is 22.3. The Labute approximate surface area is 116 Å². The molecular weight excluding hydrogens is 299 g/mol. The Morgan fingerprint density at radius 1 is 1.30 bits per heavy atom. The minimum atomic E-state index is -4.62. The molecule has 20 heavy (non-hydrogen) atoms. The zero-order valence-corrected chi connectivity index (χ0v) is 10.6. The maximum Gasteiger partial charge on any atom is 0.417 e. The summed E-state index contributed by atoms with van der Waals surface area (Å²) in [6, 6.07) is 2.98.